The number of ether oxygens (including phenoxy) is 1. The number of pyridine rings is 1. The van der Waals surface area contributed by atoms with Crippen LogP contribution in [0.15, 0.2) is 77.7 Å². The van der Waals surface area contributed by atoms with Gasteiger partial charge in [0.1, 0.15) is 12.4 Å². The summed E-state index contributed by atoms with van der Waals surface area (Å²) in [5, 5.41) is 0. The fourth-order valence-corrected chi connectivity index (χ4v) is 3.06. The number of aryl methyl sites for hydroxylation is 1. The second kappa shape index (κ2) is 6.88. The van der Waals surface area contributed by atoms with Crippen molar-refractivity contribution in [3.63, 3.8) is 0 Å². The lowest BCUT2D eigenvalue weighted by Crippen LogP contribution is -2.22. The summed E-state index contributed by atoms with van der Waals surface area (Å²) in [5.74, 6) is 0.762. The van der Waals surface area contributed by atoms with E-state index in [0.717, 1.165) is 22.5 Å². The molecule has 5 heteroatoms. The van der Waals surface area contributed by atoms with Crippen LogP contribution in [0, 0.1) is 0 Å². The molecule has 0 spiro atoms. The van der Waals surface area contributed by atoms with E-state index in [0.29, 0.717) is 18.8 Å². The monoisotopic (exact) mass is 345 g/mol. The van der Waals surface area contributed by atoms with Crippen molar-refractivity contribution in [1.29, 1.82) is 0 Å². The smallest absolute Gasteiger partial charge is 0.334 e. The van der Waals surface area contributed by atoms with E-state index < -0.39 is 0 Å². The number of aromatic nitrogens is 3. The van der Waals surface area contributed by atoms with Gasteiger partial charge in [0.05, 0.1) is 11.2 Å². The molecule has 0 atom stereocenters. The fraction of sp³-hybridized carbons (Fsp3) is 0.143. The molecule has 4 aromatic rings. The van der Waals surface area contributed by atoms with Gasteiger partial charge in [-0.2, -0.15) is 0 Å². The number of rotatable bonds is 5. The molecule has 26 heavy (non-hydrogen) atoms. The quantitative estimate of drug-likeness (QED) is 0.553. The Bertz CT molecular complexity index is 1080. The van der Waals surface area contributed by atoms with Crippen molar-refractivity contribution in [2.45, 2.75) is 20.1 Å². The number of nitrogens with zero attached hydrogens (tertiary/aromatic N) is 3. The Labute approximate surface area is 151 Å². The van der Waals surface area contributed by atoms with Crippen LogP contribution in [0.3, 0.4) is 0 Å². The van der Waals surface area contributed by atoms with Crippen molar-refractivity contribution < 1.29 is 4.74 Å². The summed E-state index contributed by atoms with van der Waals surface area (Å²) in [5.41, 5.74) is 3.31. The van der Waals surface area contributed by atoms with Gasteiger partial charge in [-0.15, -0.1) is 0 Å². The molecule has 0 bridgehead atoms. The third kappa shape index (κ3) is 2.88. The zero-order chi connectivity index (χ0) is 17.9. The molecule has 5 nitrogen and oxygen atoms in total. The molecular formula is C21H19N3O2. The second-order valence-electron chi connectivity index (χ2n) is 5.98. The predicted octanol–water partition coefficient (Wildman–Crippen LogP) is 3.79. The Morgan fingerprint density at radius 3 is 2.46 bits per heavy atom. The van der Waals surface area contributed by atoms with Gasteiger partial charge >= 0.3 is 5.69 Å². The van der Waals surface area contributed by atoms with Gasteiger partial charge in [-0.1, -0.05) is 30.3 Å². The van der Waals surface area contributed by atoms with Crippen LogP contribution in [-0.4, -0.2) is 14.1 Å². The van der Waals surface area contributed by atoms with Crippen molar-refractivity contribution in [3.05, 3.63) is 89.0 Å². The summed E-state index contributed by atoms with van der Waals surface area (Å²) in [7, 11) is 0. The first-order valence-corrected chi connectivity index (χ1v) is 8.61. The van der Waals surface area contributed by atoms with E-state index in [1.807, 2.05) is 73.7 Å². The molecule has 0 aliphatic rings. The topological polar surface area (TPSA) is 49.0 Å². The highest BCUT2D eigenvalue weighted by Crippen LogP contribution is 2.19. The number of hydrogen-bond acceptors (Lipinski definition) is 3. The number of hydrogen-bond donors (Lipinski definition) is 0. The predicted molar refractivity (Wildman–Crippen MR) is 102 cm³/mol. The van der Waals surface area contributed by atoms with E-state index in [1.165, 1.54) is 0 Å². The maximum absolute atomic E-state index is 12.8. The summed E-state index contributed by atoms with van der Waals surface area (Å²) in [6.45, 7) is 3.07. The van der Waals surface area contributed by atoms with Crippen molar-refractivity contribution in [3.8, 4) is 11.4 Å². The van der Waals surface area contributed by atoms with Gasteiger partial charge in [-0.3, -0.25) is 4.57 Å². The van der Waals surface area contributed by atoms with Gasteiger partial charge < -0.3 is 4.74 Å². The highest BCUT2D eigenvalue weighted by atomic mass is 16.5. The average molecular weight is 345 g/mol. The van der Waals surface area contributed by atoms with Crippen LogP contribution in [0.5, 0.6) is 5.75 Å². The van der Waals surface area contributed by atoms with Gasteiger partial charge in [-0.05, 0) is 48.9 Å². The van der Waals surface area contributed by atoms with Crippen LogP contribution in [-0.2, 0) is 13.2 Å². The lowest BCUT2D eigenvalue weighted by atomic mass is 10.2. The van der Waals surface area contributed by atoms with Gasteiger partial charge in [0.15, 0.2) is 5.65 Å². The number of imidazole rings is 1. The minimum absolute atomic E-state index is 0.0841. The summed E-state index contributed by atoms with van der Waals surface area (Å²) in [4.78, 5) is 17.2. The highest BCUT2D eigenvalue weighted by Gasteiger charge is 2.14. The Balaban J connectivity index is 1.64. The molecule has 130 valence electrons. The van der Waals surface area contributed by atoms with Crippen LogP contribution in [0.4, 0.5) is 0 Å². The molecule has 0 N–H and O–H groups in total. The van der Waals surface area contributed by atoms with Crippen molar-refractivity contribution in [2.75, 3.05) is 0 Å². The molecule has 2 aromatic heterocycles. The number of fused-ring (bicyclic) bond motifs is 1. The molecule has 0 radical (unpaired) electrons. The first-order chi connectivity index (χ1) is 12.8. The molecule has 0 aliphatic heterocycles. The van der Waals surface area contributed by atoms with Crippen LogP contribution >= 0.6 is 0 Å². The standard InChI is InChI=1S/C21H19N3O2/c1-2-23-19-9-6-14-22-20(19)24(21(23)25)17-10-12-18(13-11-17)26-15-16-7-4-3-5-8-16/h3-14H,2,15H2,1H3. The van der Waals surface area contributed by atoms with Gasteiger partial charge in [0, 0.05) is 12.7 Å². The summed E-state index contributed by atoms with van der Waals surface area (Å²) >= 11 is 0. The van der Waals surface area contributed by atoms with E-state index in [2.05, 4.69) is 4.98 Å². The summed E-state index contributed by atoms with van der Waals surface area (Å²) in [6, 6.07) is 21.3. The van der Waals surface area contributed by atoms with Crippen LogP contribution < -0.4 is 10.4 Å². The fourth-order valence-electron chi connectivity index (χ4n) is 3.06. The molecule has 4 rings (SSSR count). The second-order valence-corrected chi connectivity index (χ2v) is 5.98. The molecule has 2 heterocycles. The molecule has 0 amide bonds. The number of benzene rings is 2. The Kier molecular flexibility index (Phi) is 4.27. The first kappa shape index (κ1) is 16.1. The van der Waals surface area contributed by atoms with Gasteiger partial charge in [-0.25, -0.2) is 14.3 Å². The maximum Gasteiger partial charge on any atom is 0.334 e. The van der Waals surface area contributed by atoms with E-state index in [-0.39, 0.29) is 5.69 Å². The minimum Gasteiger partial charge on any atom is -0.489 e. The van der Waals surface area contributed by atoms with E-state index in [4.69, 9.17) is 4.74 Å². The zero-order valence-corrected chi connectivity index (χ0v) is 14.5. The lowest BCUT2D eigenvalue weighted by Gasteiger charge is -2.08. The lowest BCUT2D eigenvalue weighted by molar-refractivity contribution is 0.306. The van der Waals surface area contributed by atoms with Crippen molar-refractivity contribution >= 4 is 11.2 Å². The molecular weight excluding hydrogens is 326 g/mol. The van der Waals surface area contributed by atoms with E-state index >= 15 is 0 Å². The highest BCUT2D eigenvalue weighted by molar-refractivity contribution is 5.73. The van der Waals surface area contributed by atoms with Crippen LogP contribution in [0.2, 0.25) is 0 Å². The molecule has 0 fully saturated rings. The van der Waals surface area contributed by atoms with E-state index in [1.54, 1.807) is 15.3 Å². The first-order valence-electron chi connectivity index (χ1n) is 8.61. The van der Waals surface area contributed by atoms with E-state index in [9.17, 15) is 4.79 Å². The molecule has 0 aliphatic carbocycles. The molecule has 0 saturated heterocycles. The Hall–Kier alpha value is -3.34. The third-order valence-corrected chi connectivity index (χ3v) is 4.35. The Morgan fingerprint density at radius 1 is 0.962 bits per heavy atom. The third-order valence-electron chi connectivity index (χ3n) is 4.35. The van der Waals surface area contributed by atoms with Crippen LogP contribution in [0.25, 0.3) is 16.9 Å². The maximum atomic E-state index is 12.8. The van der Waals surface area contributed by atoms with Gasteiger partial charge in [0.25, 0.3) is 0 Å². The van der Waals surface area contributed by atoms with Crippen LogP contribution in [0.1, 0.15) is 12.5 Å². The normalized spacial score (nSPS) is 11.0. The molecule has 2 aromatic carbocycles. The SMILES string of the molecule is CCn1c(=O)n(-c2ccc(OCc3ccccc3)cc2)c2ncccc21. The zero-order valence-electron chi connectivity index (χ0n) is 14.5. The summed E-state index contributed by atoms with van der Waals surface area (Å²) < 4.78 is 9.18. The van der Waals surface area contributed by atoms with Crippen molar-refractivity contribution in [2.24, 2.45) is 0 Å². The van der Waals surface area contributed by atoms with Gasteiger partial charge in [0.2, 0.25) is 0 Å². The molecule has 0 saturated carbocycles. The minimum atomic E-state index is -0.0841. The van der Waals surface area contributed by atoms with Crippen molar-refractivity contribution in [1.82, 2.24) is 14.1 Å². The summed E-state index contributed by atoms with van der Waals surface area (Å²) in [6.07, 6.45) is 1.70. The molecule has 0 unspecified atom stereocenters. The average Bonchev–Trinajstić information content (AvgIpc) is 2.99. The largest absolute Gasteiger partial charge is 0.489 e. The Morgan fingerprint density at radius 2 is 1.73 bits per heavy atom.